The van der Waals surface area contributed by atoms with Crippen molar-refractivity contribution < 1.29 is 0 Å². The Morgan fingerprint density at radius 2 is 1.90 bits per heavy atom. The number of rotatable bonds is 2. The third-order valence-electron chi connectivity index (χ3n) is 3.21. The van der Waals surface area contributed by atoms with Crippen molar-refractivity contribution in [3.63, 3.8) is 0 Å². The van der Waals surface area contributed by atoms with Crippen LogP contribution in [0.1, 0.15) is 46.0 Å². The first-order chi connectivity index (χ1) is 4.70. The maximum Gasteiger partial charge on any atom is -0.0292 e. The van der Waals surface area contributed by atoms with Crippen LogP contribution < -0.4 is 0 Å². The summed E-state index contributed by atoms with van der Waals surface area (Å²) in [6, 6.07) is 0. The van der Waals surface area contributed by atoms with Gasteiger partial charge in [-0.25, -0.2) is 0 Å². The lowest BCUT2D eigenvalue weighted by Crippen LogP contribution is -2.25. The first-order valence-corrected chi connectivity index (χ1v) is 4.70. The van der Waals surface area contributed by atoms with Crippen LogP contribution in [0.15, 0.2) is 0 Å². The Kier molecular flexibility index (Phi) is 1.33. The first kappa shape index (κ1) is 6.69. The van der Waals surface area contributed by atoms with Gasteiger partial charge in [-0.3, -0.25) is 0 Å². The van der Waals surface area contributed by atoms with E-state index in [0.717, 1.165) is 17.3 Å². The molecule has 2 rings (SSSR count). The van der Waals surface area contributed by atoms with Gasteiger partial charge in [0.2, 0.25) is 0 Å². The Bertz CT molecular complexity index is 120. The molecule has 0 aromatic carbocycles. The monoisotopic (exact) mass is 138 g/mol. The molecule has 2 fully saturated rings. The molecule has 58 valence electrons. The van der Waals surface area contributed by atoms with Crippen LogP contribution in [0.5, 0.6) is 0 Å². The van der Waals surface area contributed by atoms with Crippen molar-refractivity contribution in [3.8, 4) is 0 Å². The van der Waals surface area contributed by atoms with Crippen LogP contribution in [-0.2, 0) is 0 Å². The normalized spacial score (nSPS) is 29.1. The third-order valence-corrected chi connectivity index (χ3v) is 3.21. The molecule has 0 N–H and O–H groups in total. The van der Waals surface area contributed by atoms with Crippen molar-refractivity contribution in [1.82, 2.24) is 0 Å². The minimum absolute atomic E-state index is 0.930. The van der Waals surface area contributed by atoms with E-state index in [9.17, 15) is 0 Å². The molecular formula is C10H18. The van der Waals surface area contributed by atoms with E-state index in [-0.39, 0.29) is 0 Å². The molecule has 0 amide bonds. The van der Waals surface area contributed by atoms with Crippen LogP contribution >= 0.6 is 0 Å². The van der Waals surface area contributed by atoms with E-state index in [2.05, 4.69) is 13.8 Å². The third kappa shape index (κ3) is 1.09. The van der Waals surface area contributed by atoms with Gasteiger partial charge < -0.3 is 0 Å². The van der Waals surface area contributed by atoms with Gasteiger partial charge in [0.25, 0.3) is 0 Å². The highest BCUT2D eigenvalue weighted by Crippen LogP contribution is 2.64. The SMILES string of the molecule is CC(C)CC1CC2(CC2)C1. The zero-order valence-electron chi connectivity index (χ0n) is 7.19. The largest absolute Gasteiger partial charge is 0.0628 e. The highest BCUT2D eigenvalue weighted by Gasteiger charge is 2.52. The second-order valence-electron chi connectivity index (χ2n) is 4.90. The molecule has 0 aromatic rings. The molecule has 0 bridgehead atoms. The van der Waals surface area contributed by atoms with Crippen molar-refractivity contribution in [2.24, 2.45) is 17.3 Å². The fraction of sp³-hybridized carbons (Fsp3) is 1.00. The van der Waals surface area contributed by atoms with Gasteiger partial charge in [0.05, 0.1) is 0 Å². The predicted molar refractivity (Wildman–Crippen MR) is 43.8 cm³/mol. The number of hydrogen-bond donors (Lipinski definition) is 0. The van der Waals surface area contributed by atoms with Crippen molar-refractivity contribution >= 4 is 0 Å². The average Bonchev–Trinajstić information content (AvgIpc) is 2.41. The van der Waals surface area contributed by atoms with Gasteiger partial charge in [0, 0.05) is 0 Å². The molecule has 0 aliphatic heterocycles. The first-order valence-electron chi connectivity index (χ1n) is 4.70. The topological polar surface area (TPSA) is 0 Å². The predicted octanol–water partition coefficient (Wildman–Crippen LogP) is 3.22. The molecule has 0 saturated heterocycles. The van der Waals surface area contributed by atoms with E-state index in [4.69, 9.17) is 0 Å². The van der Waals surface area contributed by atoms with Gasteiger partial charge in [-0.15, -0.1) is 0 Å². The van der Waals surface area contributed by atoms with Gasteiger partial charge in [0.15, 0.2) is 0 Å². The van der Waals surface area contributed by atoms with Crippen LogP contribution in [0.3, 0.4) is 0 Å². The van der Waals surface area contributed by atoms with E-state index in [1.165, 1.54) is 6.42 Å². The molecule has 2 aliphatic rings. The van der Waals surface area contributed by atoms with E-state index >= 15 is 0 Å². The van der Waals surface area contributed by atoms with Gasteiger partial charge in [-0.1, -0.05) is 13.8 Å². The standard InChI is InChI=1S/C10H18/c1-8(2)5-9-6-10(7-9)3-4-10/h8-9H,3-7H2,1-2H3. The molecule has 0 aromatic heterocycles. The minimum atomic E-state index is 0.930. The molecule has 0 heterocycles. The maximum absolute atomic E-state index is 2.35. The Morgan fingerprint density at radius 3 is 2.30 bits per heavy atom. The summed E-state index contributed by atoms with van der Waals surface area (Å²) in [7, 11) is 0. The summed E-state index contributed by atoms with van der Waals surface area (Å²) in [5.41, 5.74) is 0.930. The molecule has 2 saturated carbocycles. The van der Waals surface area contributed by atoms with Gasteiger partial charge >= 0.3 is 0 Å². The van der Waals surface area contributed by atoms with E-state index in [0.29, 0.717) is 0 Å². The molecule has 1 spiro atoms. The molecule has 10 heavy (non-hydrogen) atoms. The van der Waals surface area contributed by atoms with Crippen LogP contribution in [0.2, 0.25) is 0 Å². The highest BCUT2D eigenvalue weighted by atomic mass is 14.6. The van der Waals surface area contributed by atoms with Crippen molar-refractivity contribution in [1.29, 1.82) is 0 Å². The van der Waals surface area contributed by atoms with Crippen LogP contribution in [0, 0.1) is 17.3 Å². The second kappa shape index (κ2) is 1.99. The summed E-state index contributed by atoms with van der Waals surface area (Å²) in [4.78, 5) is 0. The molecule has 0 unspecified atom stereocenters. The summed E-state index contributed by atoms with van der Waals surface area (Å²) in [5, 5.41) is 0. The molecule has 0 atom stereocenters. The Balaban J connectivity index is 1.70. The Morgan fingerprint density at radius 1 is 1.30 bits per heavy atom. The lowest BCUT2D eigenvalue weighted by molar-refractivity contribution is 0.143. The van der Waals surface area contributed by atoms with Gasteiger partial charge in [-0.05, 0) is 49.4 Å². The maximum atomic E-state index is 2.35. The summed E-state index contributed by atoms with van der Waals surface area (Å²) in [6.45, 7) is 4.69. The molecule has 2 aliphatic carbocycles. The van der Waals surface area contributed by atoms with Crippen molar-refractivity contribution in [2.75, 3.05) is 0 Å². The lowest BCUT2D eigenvalue weighted by atomic mass is 9.69. The van der Waals surface area contributed by atoms with Gasteiger partial charge in [-0.2, -0.15) is 0 Å². The fourth-order valence-electron chi connectivity index (χ4n) is 2.58. The summed E-state index contributed by atoms with van der Waals surface area (Å²) in [6.07, 6.45) is 7.75. The van der Waals surface area contributed by atoms with Gasteiger partial charge in [0.1, 0.15) is 0 Å². The minimum Gasteiger partial charge on any atom is -0.0628 e. The zero-order valence-corrected chi connectivity index (χ0v) is 7.19. The molecule has 0 heteroatoms. The second-order valence-corrected chi connectivity index (χ2v) is 4.90. The average molecular weight is 138 g/mol. The van der Waals surface area contributed by atoms with E-state index < -0.39 is 0 Å². The summed E-state index contributed by atoms with van der Waals surface area (Å²) >= 11 is 0. The molecular weight excluding hydrogens is 120 g/mol. The van der Waals surface area contributed by atoms with E-state index in [1.807, 2.05) is 0 Å². The molecule has 0 radical (unpaired) electrons. The summed E-state index contributed by atoms with van der Waals surface area (Å²) < 4.78 is 0. The van der Waals surface area contributed by atoms with E-state index in [1.54, 1.807) is 25.7 Å². The number of hydrogen-bond acceptors (Lipinski definition) is 0. The zero-order chi connectivity index (χ0) is 7.19. The smallest absolute Gasteiger partial charge is 0.0292 e. The fourth-order valence-corrected chi connectivity index (χ4v) is 2.58. The Hall–Kier alpha value is 0. The lowest BCUT2D eigenvalue weighted by Gasteiger charge is -2.36. The molecule has 0 nitrogen and oxygen atoms in total. The van der Waals surface area contributed by atoms with Crippen LogP contribution in [0.4, 0.5) is 0 Å². The van der Waals surface area contributed by atoms with Crippen molar-refractivity contribution in [3.05, 3.63) is 0 Å². The highest BCUT2D eigenvalue weighted by molar-refractivity contribution is 5.03. The Labute approximate surface area is 64.0 Å². The van der Waals surface area contributed by atoms with Crippen LogP contribution in [0.25, 0.3) is 0 Å². The quantitative estimate of drug-likeness (QED) is 0.549. The van der Waals surface area contributed by atoms with Crippen LogP contribution in [-0.4, -0.2) is 0 Å². The van der Waals surface area contributed by atoms with Crippen molar-refractivity contribution in [2.45, 2.75) is 46.0 Å². The summed E-state index contributed by atoms with van der Waals surface area (Å²) in [5.74, 6) is 2.04.